The second-order valence-electron chi connectivity index (χ2n) is 5.38. The van der Waals surface area contributed by atoms with Crippen LogP contribution in [0.1, 0.15) is 5.56 Å². The Kier molecular flexibility index (Phi) is 5.46. The first-order valence-electron chi connectivity index (χ1n) is 7.11. The molecule has 8 heteroatoms. The summed E-state index contributed by atoms with van der Waals surface area (Å²) in [7, 11) is 3.19. The summed E-state index contributed by atoms with van der Waals surface area (Å²) in [6, 6.07) is 4.44. The maximum absolute atomic E-state index is 11.7. The minimum atomic E-state index is -0.479. The zero-order valence-electron chi connectivity index (χ0n) is 13.5. The van der Waals surface area contributed by atoms with Crippen molar-refractivity contribution in [2.24, 2.45) is 0 Å². The molecule has 0 unspecified atom stereocenters. The fourth-order valence-corrected chi connectivity index (χ4v) is 2.18. The van der Waals surface area contributed by atoms with Gasteiger partial charge in [-0.2, -0.15) is 0 Å². The molecule has 0 atom stereocenters. The molecule has 0 aliphatic carbocycles. The molecule has 0 spiro atoms. The van der Waals surface area contributed by atoms with Gasteiger partial charge in [0.25, 0.3) is 5.91 Å². The molecular formula is C16H17ClN2O5. The second kappa shape index (κ2) is 7.35. The number of likely N-dealkylation sites (N-methyl/N-ethyl adjacent to an activating group) is 1. The molecule has 0 saturated carbocycles. The van der Waals surface area contributed by atoms with Crippen molar-refractivity contribution in [1.82, 2.24) is 10.2 Å². The molecule has 0 radical (unpaired) electrons. The number of benzene rings is 1. The Hall–Kier alpha value is -2.54. The SMILES string of the molecule is Cc1cc(=O)oc2cc(OCC(=O)NCC(=O)N(C)C)c(Cl)cc12. The van der Waals surface area contributed by atoms with Crippen LogP contribution >= 0.6 is 11.6 Å². The summed E-state index contributed by atoms with van der Waals surface area (Å²) in [5, 5.41) is 3.41. The predicted molar refractivity (Wildman–Crippen MR) is 89.4 cm³/mol. The van der Waals surface area contributed by atoms with Crippen LogP contribution in [-0.2, 0) is 9.59 Å². The third-order valence-electron chi connectivity index (χ3n) is 3.30. The lowest BCUT2D eigenvalue weighted by atomic mass is 10.1. The molecule has 128 valence electrons. The third-order valence-corrected chi connectivity index (χ3v) is 3.59. The predicted octanol–water partition coefficient (Wildman–Crippen LogP) is 1.34. The maximum atomic E-state index is 11.7. The topological polar surface area (TPSA) is 88.8 Å². The molecule has 24 heavy (non-hydrogen) atoms. The molecule has 0 aliphatic rings. The van der Waals surface area contributed by atoms with Gasteiger partial charge in [0, 0.05) is 31.6 Å². The minimum Gasteiger partial charge on any atom is -0.482 e. The Balaban J connectivity index is 2.07. The molecule has 1 N–H and O–H groups in total. The van der Waals surface area contributed by atoms with Crippen LogP contribution in [0, 0.1) is 6.92 Å². The summed E-state index contributed by atoms with van der Waals surface area (Å²) in [5.41, 5.74) is 0.574. The first kappa shape index (κ1) is 17.8. The van der Waals surface area contributed by atoms with Crippen LogP contribution in [0.4, 0.5) is 0 Å². The largest absolute Gasteiger partial charge is 0.482 e. The number of ether oxygens (including phenoxy) is 1. The van der Waals surface area contributed by atoms with E-state index >= 15 is 0 Å². The molecule has 2 rings (SSSR count). The summed E-state index contributed by atoms with van der Waals surface area (Å²) >= 11 is 6.13. The van der Waals surface area contributed by atoms with E-state index in [2.05, 4.69) is 5.32 Å². The van der Waals surface area contributed by atoms with Gasteiger partial charge >= 0.3 is 5.63 Å². The van der Waals surface area contributed by atoms with Gasteiger partial charge in [0.15, 0.2) is 6.61 Å². The minimum absolute atomic E-state index is 0.116. The van der Waals surface area contributed by atoms with Gasteiger partial charge in [-0.15, -0.1) is 0 Å². The number of halogens is 1. The van der Waals surface area contributed by atoms with Gasteiger partial charge in [-0.1, -0.05) is 11.6 Å². The monoisotopic (exact) mass is 352 g/mol. The molecule has 0 fully saturated rings. The van der Waals surface area contributed by atoms with Gasteiger partial charge in [0.05, 0.1) is 11.6 Å². The van der Waals surface area contributed by atoms with Crippen molar-refractivity contribution in [1.29, 1.82) is 0 Å². The number of hydrogen-bond acceptors (Lipinski definition) is 5. The van der Waals surface area contributed by atoms with Crippen molar-refractivity contribution < 1.29 is 18.7 Å². The fourth-order valence-electron chi connectivity index (χ4n) is 1.96. The van der Waals surface area contributed by atoms with E-state index < -0.39 is 11.5 Å². The van der Waals surface area contributed by atoms with Crippen LogP contribution in [0.25, 0.3) is 11.0 Å². The van der Waals surface area contributed by atoms with E-state index in [0.717, 1.165) is 5.56 Å². The molecule has 0 bridgehead atoms. The number of rotatable bonds is 5. The average Bonchev–Trinajstić information content (AvgIpc) is 2.51. The second-order valence-corrected chi connectivity index (χ2v) is 5.79. The summed E-state index contributed by atoms with van der Waals surface area (Å²) in [6.45, 7) is 1.34. The van der Waals surface area contributed by atoms with Crippen molar-refractivity contribution in [2.45, 2.75) is 6.92 Å². The molecule has 2 amide bonds. The number of fused-ring (bicyclic) bond motifs is 1. The highest BCUT2D eigenvalue weighted by atomic mass is 35.5. The van der Waals surface area contributed by atoms with Crippen LogP contribution in [0.2, 0.25) is 5.02 Å². The molecule has 7 nitrogen and oxygen atoms in total. The number of nitrogens with one attached hydrogen (secondary N) is 1. The number of nitrogens with zero attached hydrogens (tertiary/aromatic N) is 1. The lowest BCUT2D eigenvalue weighted by Crippen LogP contribution is -2.38. The third kappa shape index (κ3) is 4.26. The van der Waals surface area contributed by atoms with E-state index in [0.29, 0.717) is 11.0 Å². The highest BCUT2D eigenvalue weighted by Gasteiger charge is 2.12. The van der Waals surface area contributed by atoms with E-state index in [1.54, 1.807) is 27.1 Å². The summed E-state index contributed by atoms with van der Waals surface area (Å²) in [4.78, 5) is 35.9. The van der Waals surface area contributed by atoms with Crippen molar-refractivity contribution in [2.75, 3.05) is 27.2 Å². The van der Waals surface area contributed by atoms with Gasteiger partial charge in [-0.25, -0.2) is 4.79 Å². The van der Waals surface area contributed by atoms with Gasteiger partial charge in [0.1, 0.15) is 11.3 Å². The lowest BCUT2D eigenvalue weighted by molar-refractivity contribution is -0.131. The van der Waals surface area contributed by atoms with Crippen molar-refractivity contribution in [3.63, 3.8) is 0 Å². The quantitative estimate of drug-likeness (QED) is 0.820. The Labute approximate surface area is 143 Å². The van der Waals surface area contributed by atoms with Crippen molar-refractivity contribution >= 4 is 34.4 Å². The number of aryl methyl sites for hydroxylation is 1. The van der Waals surface area contributed by atoms with Crippen LogP contribution in [0.5, 0.6) is 5.75 Å². The van der Waals surface area contributed by atoms with E-state index in [-0.39, 0.29) is 29.8 Å². The normalized spacial score (nSPS) is 10.5. The van der Waals surface area contributed by atoms with E-state index in [4.69, 9.17) is 20.8 Å². The van der Waals surface area contributed by atoms with Crippen LogP contribution < -0.4 is 15.7 Å². The molecular weight excluding hydrogens is 336 g/mol. The summed E-state index contributed by atoms with van der Waals surface area (Å²) in [5.74, 6) is -0.483. The van der Waals surface area contributed by atoms with Gasteiger partial charge < -0.3 is 19.4 Å². The lowest BCUT2D eigenvalue weighted by Gasteiger charge is -2.12. The van der Waals surface area contributed by atoms with Crippen LogP contribution in [0.3, 0.4) is 0 Å². The summed E-state index contributed by atoms with van der Waals surface area (Å²) in [6.07, 6.45) is 0. The number of carbonyl (C=O) groups is 2. The number of amides is 2. The Morgan fingerprint density at radius 2 is 2.00 bits per heavy atom. The first-order chi connectivity index (χ1) is 11.3. The van der Waals surface area contributed by atoms with E-state index in [9.17, 15) is 14.4 Å². The Morgan fingerprint density at radius 3 is 2.67 bits per heavy atom. The Morgan fingerprint density at radius 1 is 1.29 bits per heavy atom. The maximum Gasteiger partial charge on any atom is 0.336 e. The Bertz CT molecular complexity index is 844. The van der Waals surface area contributed by atoms with E-state index in [1.807, 2.05) is 0 Å². The van der Waals surface area contributed by atoms with E-state index in [1.165, 1.54) is 17.0 Å². The van der Waals surface area contributed by atoms with Gasteiger partial charge in [-0.05, 0) is 18.6 Å². The average molecular weight is 353 g/mol. The standard InChI is InChI=1S/C16H17ClN2O5/c1-9-4-16(22)24-12-6-13(11(17)5-10(9)12)23-8-14(20)18-7-15(21)19(2)3/h4-6H,7-8H2,1-3H3,(H,18,20). The van der Waals surface area contributed by atoms with Gasteiger partial charge in [-0.3, -0.25) is 9.59 Å². The number of carbonyl (C=O) groups excluding carboxylic acids is 2. The highest BCUT2D eigenvalue weighted by Crippen LogP contribution is 2.30. The smallest absolute Gasteiger partial charge is 0.336 e. The van der Waals surface area contributed by atoms with Crippen molar-refractivity contribution in [3.05, 3.63) is 39.2 Å². The van der Waals surface area contributed by atoms with Crippen LogP contribution in [-0.4, -0.2) is 44.0 Å². The zero-order chi connectivity index (χ0) is 17.9. The molecule has 2 aromatic rings. The van der Waals surface area contributed by atoms with Gasteiger partial charge in [0.2, 0.25) is 5.91 Å². The molecule has 1 aromatic heterocycles. The van der Waals surface area contributed by atoms with Crippen molar-refractivity contribution in [3.8, 4) is 5.75 Å². The molecule has 1 heterocycles. The summed E-state index contributed by atoms with van der Waals surface area (Å²) < 4.78 is 10.5. The first-order valence-corrected chi connectivity index (χ1v) is 7.49. The highest BCUT2D eigenvalue weighted by molar-refractivity contribution is 6.32. The molecule has 0 saturated heterocycles. The zero-order valence-corrected chi connectivity index (χ0v) is 14.3. The van der Waals surface area contributed by atoms with Crippen LogP contribution in [0.15, 0.2) is 27.4 Å². The number of hydrogen-bond donors (Lipinski definition) is 1. The molecule has 0 aliphatic heterocycles. The molecule has 1 aromatic carbocycles. The fraction of sp³-hybridized carbons (Fsp3) is 0.312.